The minimum atomic E-state index is -1.48. The number of nitrogens with zero attached hydrogens (tertiary/aromatic N) is 1. The van der Waals surface area contributed by atoms with Crippen LogP contribution in [0.5, 0.6) is 5.75 Å². The summed E-state index contributed by atoms with van der Waals surface area (Å²) < 4.78 is 0. The van der Waals surface area contributed by atoms with Crippen LogP contribution in [0.3, 0.4) is 0 Å². The summed E-state index contributed by atoms with van der Waals surface area (Å²) in [5.74, 6) is -2.04. The zero-order valence-corrected chi connectivity index (χ0v) is 16.7. The molecule has 8 heteroatoms. The highest BCUT2D eigenvalue weighted by atomic mass is 16.4. The molecule has 1 aromatic carbocycles. The monoisotopic (exact) mass is 397 g/mol. The molecule has 0 fully saturated rings. The molecule has 0 spiro atoms. The van der Waals surface area contributed by atoms with Crippen LogP contribution in [0.4, 0.5) is 0 Å². The first-order valence-corrected chi connectivity index (χ1v) is 9.17. The zero-order chi connectivity index (χ0) is 21.5. The maximum atomic E-state index is 12.5. The van der Waals surface area contributed by atoms with Gasteiger partial charge in [0.25, 0.3) is 5.56 Å². The quantitative estimate of drug-likeness (QED) is 0.474. The maximum absolute atomic E-state index is 12.5. The van der Waals surface area contributed by atoms with Crippen molar-refractivity contribution in [3.63, 3.8) is 0 Å². The van der Waals surface area contributed by atoms with Gasteiger partial charge in [0.1, 0.15) is 5.75 Å². The van der Waals surface area contributed by atoms with Crippen molar-refractivity contribution in [2.45, 2.75) is 20.3 Å². The van der Waals surface area contributed by atoms with Gasteiger partial charge in [-0.25, -0.2) is 4.79 Å². The normalized spacial score (nSPS) is 11.3. The standard InChI is InChI=1S/C21H23N3O5/c1-5-12-18(23-20(27)16(19(12)26)21(28)29)11-6-7-13-10(2)17(22-14(13)8-11)15(25)9-24(3)4/h6-8,22H,5,9H2,1-4H3,(H,28,29)(H2,23,26,27). The fourth-order valence-corrected chi connectivity index (χ4v) is 3.56. The van der Waals surface area contributed by atoms with Gasteiger partial charge in [-0.05, 0) is 39.1 Å². The number of hydrogen-bond donors (Lipinski definition) is 4. The third-order valence-electron chi connectivity index (χ3n) is 4.94. The second kappa shape index (κ2) is 7.56. The second-order valence-electron chi connectivity index (χ2n) is 7.24. The fraction of sp³-hybridized carbons (Fsp3) is 0.286. The summed E-state index contributed by atoms with van der Waals surface area (Å²) in [6.45, 7) is 3.91. The Balaban J connectivity index is 2.18. The number of benzene rings is 1. The molecular formula is C21H23N3O5. The van der Waals surface area contributed by atoms with Crippen LogP contribution in [0.25, 0.3) is 22.2 Å². The van der Waals surface area contributed by atoms with E-state index in [1.807, 2.05) is 27.1 Å². The Bertz CT molecular complexity index is 1190. The molecule has 0 atom stereocenters. The first kappa shape index (κ1) is 20.3. The number of Topliss-reactive ketones (excluding diaryl/α,β-unsaturated/α-hetero) is 1. The van der Waals surface area contributed by atoms with E-state index in [2.05, 4.69) is 9.97 Å². The summed E-state index contributed by atoms with van der Waals surface area (Å²) in [6, 6.07) is 5.38. The number of fused-ring (bicyclic) bond motifs is 1. The van der Waals surface area contributed by atoms with E-state index in [1.54, 1.807) is 24.0 Å². The molecule has 0 aliphatic carbocycles. The predicted octanol–water partition coefficient (Wildman–Crippen LogP) is 2.54. The number of H-pyrrole nitrogens is 2. The molecule has 152 valence electrons. The van der Waals surface area contributed by atoms with Gasteiger partial charge in [-0.1, -0.05) is 19.1 Å². The van der Waals surface area contributed by atoms with Crippen LogP contribution in [0, 0.1) is 6.92 Å². The number of carbonyl (C=O) groups excluding carboxylic acids is 1. The largest absolute Gasteiger partial charge is 0.506 e. The summed E-state index contributed by atoms with van der Waals surface area (Å²) >= 11 is 0. The molecule has 0 aliphatic rings. The number of carboxylic acid groups (broad SMARTS) is 1. The van der Waals surface area contributed by atoms with Crippen molar-refractivity contribution in [2.75, 3.05) is 20.6 Å². The average Bonchev–Trinajstić information content (AvgIpc) is 2.96. The second-order valence-corrected chi connectivity index (χ2v) is 7.24. The Morgan fingerprint density at radius 3 is 2.45 bits per heavy atom. The van der Waals surface area contributed by atoms with E-state index in [1.165, 1.54) is 0 Å². The van der Waals surface area contributed by atoms with Crippen LogP contribution in [0.1, 0.15) is 38.9 Å². The molecule has 0 radical (unpaired) electrons. The van der Waals surface area contributed by atoms with E-state index >= 15 is 0 Å². The van der Waals surface area contributed by atoms with Crippen molar-refractivity contribution in [2.24, 2.45) is 0 Å². The van der Waals surface area contributed by atoms with Gasteiger partial charge in [0.05, 0.1) is 17.9 Å². The van der Waals surface area contributed by atoms with Crippen molar-refractivity contribution < 1.29 is 19.8 Å². The molecule has 0 bridgehead atoms. The van der Waals surface area contributed by atoms with E-state index < -0.39 is 22.8 Å². The van der Waals surface area contributed by atoms with Gasteiger partial charge in [0, 0.05) is 22.0 Å². The van der Waals surface area contributed by atoms with Crippen molar-refractivity contribution >= 4 is 22.7 Å². The number of aromatic carboxylic acids is 1. The Morgan fingerprint density at radius 2 is 1.86 bits per heavy atom. The topological polar surface area (TPSA) is 126 Å². The molecule has 0 saturated heterocycles. The van der Waals surface area contributed by atoms with Crippen molar-refractivity contribution in [3.05, 3.63) is 50.9 Å². The first-order chi connectivity index (χ1) is 13.6. The molecule has 8 nitrogen and oxygen atoms in total. The number of likely N-dealkylation sites (N-methyl/N-ethyl adjacent to an activating group) is 1. The number of ketones is 1. The van der Waals surface area contributed by atoms with Gasteiger partial charge >= 0.3 is 5.97 Å². The molecule has 3 aromatic rings. The third-order valence-corrected chi connectivity index (χ3v) is 4.94. The van der Waals surface area contributed by atoms with E-state index in [-0.39, 0.29) is 12.3 Å². The van der Waals surface area contributed by atoms with Gasteiger partial charge in [0.2, 0.25) is 0 Å². The number of nitrogens with one attached hydrogen (secondary N) is 2. The van der Waals surface area contributed by atoms with Gasteiger partial charge in [-0.3, -0.25) is 9.59 Å². The van der Waals surface area contributed by atoms with E-state index in [4.69, 9.17) is 0 Å². The highest BCUT2D eigenvalue weighted by Gasteiger charge is 2.22. The number of carboxylic acids is 1. The minimum absolute atomic E-state index is 0.0311. The molecule has 0 amide bonds. The van der Waals surface area contributed by atoms with Crippen molar-refractivity contribution in [3.8, 4) is 17.0 Å². The molecule has 0 saturated carbocycles. The van der Waals surface area contributed by atoms with E-state index in [0.29, 0.717) is 34.5 Å². The van der Waals surface area contributed by atoms with Gasteiger partial charge in [-0.15, -0.1) is 0 Å². The van der Waals surface area contributed by atoms with Crippen molar-refractivity contribution in [1.29, 1.82) is 0 Å². The summed E-state index contributed by atoms with van der Waals surface area (Å²) in [4.78, 5) is 43.5. The van der Waals surface area contributed by atoms with Crippen LogP contribution in [-0.4, -0.2) is 57.5 Å². The van der Waals surface area contributed by atoms with Crippen LogP contribution in [-0.2, 0) is 6.42 Å². The Labute approximate surface area is 166 Å². The lowest BCUT2D eigenvalue weighted by Crippen LogP contribution is -2.22. The predicted molar refractivity (Wildman–Crippen MR) is 110 cm³/mol. The fourth-order valence-electron chi connectivity index (χ4n) is 3.56. The summed E-state index contributed by atoms with van der Waals surface area (Å²) in [7, 11) is 3.65. The van der Waals surface area contributed by atoms with Crippen molar-refractivity contribution in [1.82, 2.24) is 14.9 Å². The van der Waals surface area contributed by atoms with Crippen LogP contribution in [0.15, 0.2) is 23.0 Å². The molecule has 0 unspecified atom stereocenters. The molecule has 3 rings (SSSR count). The number of aromatic nitrogens is 2. The molecule has 2 heterocycles. The van der Waals surface area contributed by atoms with E-state index in [9.17, 15) is 24.6 Å². The summed E-state index contributed by atoms with van der Waals surface area (Å²) in [5.41, 5.74) is 1.85. The van der Waals surface area contributed by atoms with E-state index in [0.717, 1.165) is 10.9 Å². The Hall–Kier alpha value is -3.39. The lowest BCUT2D eigenvalue weighted by molar-refractivity contribution is 0.0691. The van der Waals surface area contributed by atoms with Crippen LogP contribution < -0.4 is 5.56 Å². The Kier molecular flexibility index (Phi) is 5.30. The zero-order valence-electron chi connectivity index (χ0n) is 16.7. The van der Waals surface area contributed by atoms with Gasteiger partial charge < -0.3 is 25.1 Å². The SMILES string of the molecule is CCc1c(-c2ccc3c(C)c(C(=O)CN(C)C)[nH]c3c2)[nH]c(=O)c(C(=O)O)c1O. The van der Waals surface area contributed by atoms with Gasteiger partial charge in [0.15, 0.2) is 11.3 Å². The lowest BCUT2D eigenvalue weighted by atomic mass is 9.99. The molecule has 4 N–H and O–H groups in total. The van der Waals surface area contributed by atoms with Crippen LogP contribution in [0.2, 0.25) is 0 Å². The summed E-state index contributed by atoms with van der Waals surface area (Å²) in [5, 5.41) is 20.4. The number of aryl methyl sites for hydroxylation is 1. The number of aromatic amines is 2. The number of hydrogen-bond acceptors (Lipinski definition) is 5. The minimum Gasteiger partial charge on any atom is -0.506 e. The lowest BCUT2D eigenvalue weighted by Gasteiger charge is -2.12. The molecule has 2 aromatic heterocycles. The molecule has 0 aliphatic heterocycles. The average molecular weight is 397 g/mol. The third kappa shape index (κ3) is 3.54. The maximum Gasteiger partial charge on any atom is 0.345 e. The number of pyridine rings is 1. The highest BCUT2D eigenvalue weighted by molar-refractivity contribution is 6.03. The number of aromatic hydroxyl groups is 1. The Morgan fingerprint density at radius 1 is 1.17 bits per heavy atom. The van der Waals surface area contributed by atoms with Crippen LogP contribution >= 0.6 is 0 Å². The molecular weight excluding hydrogens is 374 g/mol. The summed E-state index contributed by atoms with van der Waals surface area (Å²) in [6.07, 6.45) is 0.326. The van der Waals surface area contributed by atoms with Gasteiger partial charge in [-0.2, -0.15) is 0 Å². The first-order valence-electron chi connectivity index (χ1n) is 9.17. The smallest absolute Gasteiger partial charge is 0.345 e. The number of carbonyl (C=O) groups is 2. The number of rotatable bonds is 6. The molecule has 29 heavy (non-hydrogen) atoms. The highest BCUT2D eigenvalue weighted by Crippen LogP contribution is 2.32.